The van der Waals surface area contributed by atoms with Crippen LogP contribution >= 0.6 is 0 Å². The molecule has 0 saturated carbocycles. The van der Waals surface area contributed by atoms with Crippen LogP contribution in [0.2, 0.25) is 0 Å². The van der Waals surface area contributed by atoms with Crippen LogP contribution in [0.4, 0.5) is 11.4 Å². The molecule has 0 spiro atoms. The van der Waals surface area contributed by atoms with Crippen LogP contribution in [0.1, 0.15) is 77.5 Å². The highest BCUT2D eigenvalue weighted by molar-refractivity contribution is 6.35. The number of ether oxygens (including phenoxy) is 2. The zero-order valence-electron chi connectivity index (χ0n) is 29.5. The molecule has 0 aromatic heterocycles. The Labute approximate surface area is 306 Å². The summed E-state index contributed by atoms with van der Waals surface area (Å²) in [5.41, 5.74) is 6.21. The van der Waals surface area contributed by atoms with E-state index in [0.717, 1.165) is 22.3 Å². The zero-order valence-corrected chi connectivity index (χ0v) is 29.5. The molecule has 0 aliphatic carbocycles. The molecule has 0 saturated heterocycles. The molecule has 0 unspecified atom stereocenters. The number of rotatable bonds is 8. The summed E-state index contributed by atoms with van der Waals surface area (Å²) in [5, 5.41) is 0. The molecule has 0 bridgehead atoms. The van der Waals surface area contributed by atoms with E-state index in [4.69, 9.17) is 9.47 Å². The van der Waals surface area contributed by atoms with E-state index in [9.17, 15) is 19.2 Å². The number of benzene rings is 6. The van der Waals surface area contributed by atoms with Crippen LogP contribution in [-0.4, -0.2) is 23.6 Å². The summed E-state index contributed by atoms with van der Waals surface area (Å²) < 4.78 is 12.2. The van der Waals surface area contributed by atoms with Crippen LogP contribution in [0.3, 0.4) is 0 Å². The van der Waals surface area contributed by atoms with Crippen molar-refractivity contribution in [3.05, 3.63) is 178 Å². The quantitative estimate of drug-likeness (QED) is 0.147. The molecular weight excluding hydrogens is 665 g/mol. The minimum absolute atomic E-state index is 0.308. The van der Waals surface area contributed by atoms with Crippen molar-refractivity contribution in [1.29, 1.82) is 0 Å². The Morgan fingerprint density at radius 1 is 0.396 bits per heavy atom. The largest absolute Gasteiger partial charge is 0.457 e. The third kappa shape index (κ3) is 5.94. The fraction of sp³-hybridized carbons (Fsp3) is 0.111. The molecule has 260 valence electrons. The second kappa shape index (κ2) is 12.8. The van der Waals surface area contributed by atoms with Gasteiger partial charge < -0.3 is 9.47 Å². The van der Waals surface area contributed by atoms with Gasteiger partial charge in [0.25, 0.3) is 23.6 Å². The van der Waals surface area contributed by atoms with E-state index in [1.165, 1.54) is 9.80 Å². The number of aryl methyl sites for hydroxylation is 2. The van der Waals surface area contributed by atoms with Gasteiger partial charge in [-0.1, -0.05) is 73.5 Å². The maximum atomic E-state index is 13.2. The van der Waals surface area contributed by atoms with Gasteiger partial charge >= 0.3 is 0 Å². The first-order valence-corrected chi connectivity index (χ1v) is 17.2. The van der Waals surface area contributed by atoms with Gasteiger partial charge in [0.15, 0.2) is 0 Å². The minimum atomic E-state index is -0.378. The number of imide groups is 2. The monoisotopic (exact) mass is 698 g/mol. The van der Waals surface area contributed by atoms with Crippen LogP contribution < -0.4 is 19.3 Å². The Bertz CT molecular complexity index is 2280. The standard InChI is InChI=1S/C45H34N2O6/c1-27-5-13-31(14-6-27)46-41(48)37-23-21-35(25-39(37)43(46)50)52-33-17-9-29(10-18-33)45(3,4)30-11-19-34(20-12-30)53-36-22-24-38-40(26-36)44(51)47(42(38)49)32-15-7-28(2)8-16-32/h5-26H,1-4H3. The van der Waals surface area contributed by atoms with Crippen LogP contribution in [-0.2, 0) is 5.41 Å². The number of hydrogen-bond acceptors (Lipinski definition) is 6. The van der Waals surface area contributed by atoms with E-state index >= 15 is 0 Å². The second-order valence-corrected chi connectivity index (χ2v) is 13.9. The summed E-state index contributed by atoms with van der Waals surface area (Å²) >= 11 is 0. The Morgan fingerprint density at radius 3 is 1.08 bits per heavy atom. The van der Waals surface area contributed by atoms with Crippen molar-refractivity contribution < 1.29 is 28.7 Å². The zero-order chi connectivity index (χ0) is 37.0. The first kappa shape index (κ1) is 33.3. The predicted molar refractivity (Wildman–Crippen MR) is 203 cm³/mol. The number of fused-ring (bicyclic) bond motifs is 2. The molecule has 0 N–H and O–H groups in total. The highest BCUT2D eigenvalue weighted by Gasteiger charge is 2.38. The van der Waals surface area contributed by atoms with Crippen molar-refractivity contribution in [2.24, 2.45) is 0 Å². The van der Waals surface area contributed by atoms with Crippen LogP contribution in [0.15, 0.2) is 133 Å². The predicted octanol–water partition coefficient (Wildman–Crippen LogP) is 9.82. The fourth-order valence-electron chi connectivity index (χ4n) is 6.74. The molecule has 8 nitrogen and oxygen atoms in total. The minimum Gasteiger partial charge on any atom is -0.457 e. The lowest BCUT2D eigenvalue weighted by atomic mass is 9.78. The van der Waals surface area contributed by atoms with Gasteiger partial charge in [-0.15, -0.1) is 0 Å². The van der Waals surface area contributed by atoms with E-state index in [2.05, 4.69) is 13.8 Å². The Morgan fingerprint density at radius 2 is 0.717 bits per heavy atom. The molecule has 0 radical (unpaired) electrons. The number of nitrogens with zero attached hydrogens (tertiary/aromatic N) is 2. The molecule has 0 fully saturated rings. The molecule has 2 aliphatic heterocycles. The molecular formula is C45H34N2O6. The summed E-state index contributed by atoms with van der Waals surface area (Å²) in [6.45, 7) is 8.16. The van der Waals surface area contributed by atoms with Crippen molar-refractivity contribution in [2.75, 3.05) is 9.80 Å². The van der Waals surface area contributed by atoms with Gasteiger partial charge in [-0.05, 0) is 110 Å². The molecule has 6 aromatic rings. The van der Waals surface area contributed by atoms with E-state index in [1.54, 1.807) is 60.7 Å². The summed E-state index contributed by atoms with van der Waals surface area (Å²) in [4.78, 5) is 55.0. The Hall–Kier alpha value is -6.80. The van der Waals surface area contributed by atoms with E-state index in [-0.39, 0.29) is 29.0 Å². The summed E-state index contributed by atoms with van der Waals surface area (Å²) in [6.07, 6.45) is 0. The van der Waals surface area contributed by atoms with Gasteiger partial charge in [0.1, 0.15) is 23.0 Å². The lowest BCUT2D eigenvalue weighted by Crippen LogP contribution is -2.29. The van der Waals surface area contributed by atoms with Crippen molar-refractivity contribution in [3.63, 3.8) is 0 Å². The highest BCUT2D eigenvalue weighted by atomic mass is 16.5. The lowest BCUT2D eigenvalue weighted by Gasteiger charge is -2.26. The van der Waals surface area contributed by atoms with E-state index in [0.29, 0.717) is 56.6 Å². The van der Waals surface area contributed by atoms with Crippen LogP contribution in [0.5, 0.6) is 23.0 Å². The molecule has 4 amide bonds. The fourth-order valence-corrected chi connectivity index (χ4v) is 6.74. The normalized spacial score (nSPS) is 13.7. The first-order valence-electron chi connectivity index (χ1n) is 17.2. The average Bonchev–Trinajstić information content (AvgIpc) is 3.55. The number of carbonyl (C=O) groups is 4. The molecule has 8 rings (SSSR count). The molecule has 2 aliphatic rings. The molecule has 8 heteroatoms. The summed E-state index contributed by atoms with van der Waals surface area (Å²) in [6, 6.07) is 40.0. The lowest BCUT2D eigenvalue weighted by molar-refractivity contribution is 0.0910. The number of carbonyl (C=O) groups excluding carboxylic acids is 4. The molecule has 0 atom stereocenters. The van der Waals surface area contributed by atoms with Crippen LogP contribution in [0.25, 0.3) is 0 Å². The molecule has 2 heterocycles. The van der Waals surface area contributed by atoms with E-state index in [1.807, 2.05) is 86.6 Å². The summed E-state index contributed by atoms with van der Waals surface area (Å²) in [7, 11) is 0. The van der Waals surface area contributed by atoms with Crippen LogP contribution in [0, 0.1) is 13.8 Å². The first-order chi connectivity index (χ1) is 25.5. The maximum Gasteiger partial charge on any atom is 0.266 e. The van der Waals surface area contributed by atoms with Crippen molar-refractivity contribution in [3.8, 4) is 23.0 Å². The number of hydrogen-bond donors (Lipinski definition) is 0. The Balaban J connectivity index is 0.935. The number of amides is 4. The van der Waals surface area contributed by atoms with Gasteiger partial charge in [-0.25, -0.2) is 9.80 Å². The third-order valence-corrected chi connectivity index (χ3v) is 9.92. The van der Waals surface area contributed by atoms with Gasteiger partial charge in [0, 0.05) is 5.41 Å². The molecule has 6 aromatic carbocycles. The van der Waals surface area contributed by atoms with Gasteiger partial charge in [-0.3, -0.25) is 19.2 Å². The van der Waals surface area contributed by atoms with Crippen molar-refractivity contribution in [2.45, 2.75) is 33.1 Å². The van der Waals surface area contributed by atoms with Gasteiger partial charge in [0.2, 0.25) is 0 Å². The van der Waals surface area contributed by atoms with Crippen molar-refractivity contribution >= 4 is 35.0 Å². The third-order valence-electron chi connectivity index (χ3n) is 9.92. The smallest absolute Gasteiger partial charge is 0.266 e. The molecule has 53 heavy (non-hydrogen) atoms. The highest BCUT2D eigenvalue weighted by Crippen LogP contribution is 2.37. The second-order valence-electron chi connectivity index (χ2n) is 13.9. The Kier molecular flexibility index (Phi) is 8.03. The van der Waals surface area contributed by atoms with Crippen molar-refractivity contribution in [1.82, 2.24) is 0 Å². The SMILES string of the molecule is Cc1ccc(N2C(=O)c3ccc(Oc4ccc(C(C)(C)c5ccc(Oc6ccc7c(c6)C(=O)N(c6ccc(C)cc6)C7=O)cc5)cc4)cc3C2=O)cc1. The van der Waals surface area contributed by atoms with Gasteiger partial charge in [-0.2, -0.15) is 0 Å². The van der Waals surface area contributed by atoms with Gasteiger partial charge in [0.05, 0.1) is 33.6 Å². The number of anilines is 2. The summed E-state index contributed by atoms with van der Waals surface area (Å²) in [5.74, 6) is 0.647. The topological polar surface area (TPSA) is 93.2 Å². The van der Waals surface area contributed by atoms with E-state index < -0.39 is 0 Å². The average molecular weight is 699 g/mol. The maximum absolute atomic E-state index is 13.2.